The number of nitriles is 1. The second kappa shape index (κ2) is 4.32. The molecule has 0 amide bonds. The Kier molecular flexibility index (Phi) is 2.82. The standard InChI is InChI=1S/C14H8N2O3/c1-3-8-4-9(6-15)12-10(5-8)13(17)7(2)11(16-12)14(18)19/h1,4-5H,2H3,(H,16,17)(H,18,19). The summed E-state index contributed by atoms with van der Waals surface area (Å²) in [5.41, 5.74) is 0.530. The normalized spacial score (nSPS) is 9.84. The van der Waals surface area contributed by atoms with Crippen molar-refractivity contribution in [1.29, 1.82) is 5.26 Å². The van der Waals surface area contributed by atoms with Gasteiger partial charge in [-0.2, -0.15) is 5.26 Å². The molecule has 0 radical (unpaired) electrons. The molecule has 1 heterocycles. The summed E-state index contributed by atoms with van der Waals surface area (Å²) in [6.45, 7) is 1.44. The van der Waals surface area contributed by atoms with Gasteiger partial charge in [-0.3, -0.25) is 0 Å². The fourth-order valence-electron chi connectivity index (χ4n) is 1.82. The highest BCUT2D eigenvalue weighted by Gasteiger charge is 2.18. The quantitative estimate of drug-likeness (QED) is 0.754. The fraction of sp³-hybridized carbons (Fsp3) is 0.0714. The van der Waals surface area contributed by atoms with Crippen molar-refractivity contribution in [1.82, 2.24) is 4.98 Å². The third-order valence-electron chi connectivity index (χ3n) is 2.79. The van der Waals surface area contributed by atoms with Gasteiger partial charge in [0.05, 0.1) is 11.1 Å². The highest BCUT2D eigenvalue weighted by molar-refractivity contribution is 5.97. The SMILES string of the molecule is C#Cc1cc(C#N)c2nc(C(=O)O)c(C)c(O)c2c1. The number of hydrogen-bond donors (Lipinski definition) is 2. The minimum absolute atomic E-state index is 0.127. The third kappa shape index (κ3) is 1.84. The number of terminal acetylenes is 1. The van der Waals surface area contributed by atoms with E-state index in [-0.39, 0.29) is 33.5 Å². The topological polar surface area (TPSA) is 94.2 Å². The van der Waals surface area contributed by atoms with E-state index in [2.05, 4.69) is 10.9 Å². The predicted octanol–water partition coefficient (Wildman–Crippen LogP) is 1.80. The molecule has 0 aliphatic heterocycles. The lowest BCUT2D eigenvalue weighted by atomic mass is 10.0. The zero-order chi connectivity index (χ0) is 14.2. The number of hydrogen-bond acceptors (Lipinski definition) is 4. The molecule has 5 nitrogen and oxygen atoms in total. The molecule has 0 aliphatic rings. The zero-order valence-electron chi connectivity index (χ0n) is 9.93. The number of fused-ring (bicyclic) bond motifs is 1. The van der Waals surface area contributed by atoms with Gasteiger partial charge in [0.25, 0.3) is 0 Å². The van der Waals surface area contributed by atoms with E-state index in [0.29, 0.717) is 5.56 Å². The molecule has 1 aromatic heterocycles. The number of benzene rings is 1. The van der Waals surface area contributed by atoms with Crippen LogP contribution in [-0.2, 0) is 0 Å². The Balaban J connectivity index is 3.02. The number of pyridine rings is 1. The van der Waals surface area contributed by atoms with Gasteiger partial charge < -0.3 is 10.2 Å². The van der Waals surface area contributed by atoms with Gasteiger partial charge in [-0.05, 0) is 19.1 Å². The molecule has 0 spiro atoms. The number of aromatic nitrogens is 1. The molecular weight excluding hydrogens is 244 g/mol. The summed E-state index contributed by atoms with van der Waals surface area (Å²) >= 11 is 0. The minimum Gasteiger partial charge on any atom is -0.507 e. The molecule has 19 heavy (non-hydrogen) atoms. The Morgan fingerprint density at radius 3 is 2.68 bits per heavy atom. The zero-order valence-corrected chi connectivity index (χ0v) is 9.93. The van der Waals surface area contributed by atoms with Crippen LogP contribution in [-0.4, -0.2) is 21.2 Å². The van der Waals surface area contributed by atoms with Crippen LogP contribution in [0.5, 0.6) is 5.75 Å². The molecule has 2 aromatic rings. The maximum Gasteiger partial charge on any atom is 0.354 e. The number of carboxylic acid groups (broad SMARTS) is 1. The maximum atomic E-state index is 11.1. The van der Waals surface area contributed by atoms with E-state index in [4.69, 9.17) is 16.8 Å². The van der Waals surface area contributed by atoms with Gasteiger partial charge in [-0.25, -0.2) is 9.78 Å². The molecular formula is C14H8N2O3. The first-order valence-corrected chi connectivity index (χ1v) is 5.27. The Labute approximate surface area is 108 Å². The fourth-order valence-corrected chi connectivity index (χ4v) is 1.82. The van der Waals surface area contributed by atoms with Crippen molar-refractivity contribution in [2.45, 2.75) is 6.92 Å². The maximum absolute atomic E-state index is 11.1. The van der Waals surface area contributed by atoms with Gasteiger partial charge in [0, 0.05) is 16.5 Å². The van der Waals surface area contributed by atoms with Crippen molar-refractivity contribution in [2.75, 3.05) is 0 Å². The van der Waals surface area contributed by atoms with Crippen molar-refractivity contribution in [3.8, 4) is 24.2 Å². The molecule has 2 N–H and O–H groups in total. The van der Waals surface area contributed by atoms with Crippen LogP contribution in [0.15, 0.2) is 12.1 Å². The minimum atomic E-state index is -1.26. The summed E-state index contributed by atoms with van der Waals surface area (Å²) in [7, 11) is 0. The van der Waals surface area contributed by atoms with Crippen LogP contribution >= 0.6 is 0 Å². The molecule has 92 valence electrons. The summed E-state index contributed by atoms with van der Waals surface area (Å²) in [4.78, 5) is 15.0. The molecule has 0 saturated heterocycles. The van der Waals surface area contributed by atoms with Crippen LogP contribution in [0.1, 0.15) is 27.2 Å². The molecule has 0 atom stereocenters. The van der Waals surface area contributed by atoms with E-state index < -0.39 is 5.97 Å². The monoisotopic (exact) mass is 252 g/mol. The van der Waals surface area contributed by atoms with Gasteiger partial charge in [-0.1, -0.05) is 5.92 Å². The summed E-state index contributed by atoms with van der Waals surface area (Å²) in [5.74, 6) is 0.881. The lowest BCUT2D eigenvalue weighted by Gasteiger charge is -2.09. The number of aromatic carboxylic acids is 1. The van der Waals surface area contributed by atoms with Gasteiger partial charge in [0.15, 0.2) is 5.69 Å². The van der Waals surface area contributed by atoms with Crippen LogP contribution in [0, 0.1) is 30.6 Å². The van der Waals surface area contributed by atoms with Crippen molar-refractivity contribution in [3.63, 3.8) is 0 Å². The van der Waals surface area contributed by atoms with E-state index in [1.54, 1.807) is 0 Å². The summed E-state index contributed by atoms with van der Waals surface area (Å²) in [5, 5.41) is 28.4. The Morgan fingerprint density at radius 2 is 2.16 bits per heavy atom. The molecule has 0 unspecified atom stereocenters. The Hall–Kier alpha value is -3.05. The van der Waals surface area contributed by atoms with E-state index in [0.717, 1.165) is 0 Å². The second-order valence-corrected chi connectivity index (χ2v) is 3.92. The smallest absolute Gasteiger partial charge is 0.354 e. The average Bonchev–Trinajstić information content (AvgIpc) is 2.41. The van der Waals surface area contributed by atoms with Crippen molar-refractivity contribution >= 4 is 16.9 Å². The number of rotatable bonds is 1. The van der Waals surface area contributed by atoms with Crippen LogP contribution in [0.2, 0.25) is 0 Å². The van der Waals surface area contributed by atoms with Gasteiger partial charge in [0.1, 0.15) is 11.8 Å². The predicted molar refractivity (Wildman–Crippen MR) is 67.8 cm³/mol. The molecule has 5 heteroatoms. The molecule has 0 fully saturated rings. The van der Waals surface area contributed by atoms with Crippen molar-refractivity contribution in [2.24, 2.45) is 0 Å². The van der Waals surface area contributed by atoms with Gasteiger partial charge in [0.2, 0.25) is 0 Å². The number of aromatic hydroxyl groups is 1. The van der Waals surface area contributed by atoms with Crippen molar-refractivity contribution in [3.05, 3.63) is 34.5 Å². The summed E-state index contributed by atoms with van der Waals surface area (Å²) in [6.07, 6.45) is 5.28. The molecule has 0 aliphatic carbocycles. The first-order chi connectivity index (χ1) is 8.99. The Morgan fingerprint density at radius 1 is 1.47 bits per heavy atom. The third-order valence-corrected chi connectivity index (χ3v) is 2.79. The van der Waals surface area contributed by atoms with E-state index >= 15 is 0 Å². The number of carboxylic acids is 1. The lowest BCUT2D eigenvalue weighted by Crippen LogP contribution is -2.05. The van der Waals surface area contributed by atoms with Crippen LogP contribution < -0.4 is 0 Å². The highest BCUT2D eigenvalue weighted by atomic mass is 16.4. The number of nitrogens with zero attached hydrogens (tertiary/aromatic N) is 2. The first-order valence-electron chi connectivity index (χ1n) is 5.27. The summed E-state index contributed by atoms with van der Waals surface area (Å²) in [6, 6.07) is 4.82. The van der Waals surface area contributed by atoms with E-state index in [9.17, 15) is 9.90 Å². The van der Waals surface area contributed by atoms with Gasteiger partial charge in [-0.15, -0.1) is 6.42 Å². The van der Waals surface area contributed by atoms with Crippen molar-refractivity contribution < 1.29 is 15.0 Å². The van der Waals surface area contributed by atoms with Gasteiger partial charge >= 0.3 is 5.97 Å². The molecule has 0 saturated carbocycles. The van der Waals surface area contributed by atoms with Crippen LogP contribution in [0.4, 0.5) is 0 Å². The second-order valence-electron chi connectivity index (χ2n) is 3.92. The molecule has 1 aromatic carbocycles. The lowest BCUT2D eigenvalue weighted by molar-refractivity contribution is 0.0689. The highest BCUT2D eigenvalue weighted by Crippen LogP contribution is 2.31. The Bertz CT molecular complexity index is 795. The molecule has 2 rings (SSSR count). The van der Waals surface area contributed by atoms with E-state index in [1.165, 1.54) is 19.1 Å². The first kappa shape index (κ1) is 12.4. The van der Waals surface area contributed by atoms with E-state index in [1.807, 2.05) is 6.07 Å². The number of carbonyl (C=O) groups is 1. The summed E-state index contributed by atoms with van der Waals surface area (Å²) < 4.78 is 0. The van der Waals surface area contributed by atoms with Crippen LogP contribution in [0.3, 0.4) is 0 Å². The largest absolute Gasteiger partial charge is 0.507 e. The van der Waals surface area contributed by atoms with Crippen LogP contribution in [0.25, 0.3) is 10.9 Å². The molecule has 0 bridgehead atoms. The average molecular weight is 252 g/mol.